The molecular weight excluding hydrogens is 283 g/mol. The predicted octanol–water partition coefficient (Wildman–Crippen LogP) is 4.51. The van der Waals surface area contributed by atoms with Crippen molar-refractivity contribution in [1.29, 1.82) is 0 Å². The first kappa shape index (κ1) is 13.7. The number of carboxylic acids is 1. The Kier molecular flexibility index (Phi) is 4.25. The van der Waals surface area contributed by atoms with Gasteiger partial charge in [-0.15, -0.1) is 0 Å². The molecule has 0 heterocycles. The van der Waals surface area contributed by atoms with E-state index in [9.17, 15) is 4.79 Å². The van der Waals surface area contributed by atoms with Gasteiger partial charge in [0.15, 0.2) is 0 Å². The van der Waals surface area contributed by atoms with Crippen molar-refractivity contribution in [3.63, 3.8) is 0 Å². The Labute approximate surface area is 120 Å². The zero-order valence-electron chi connectivity index (χ0n) is 9.81. The van der Waals surface area contributed by atoms with Gasteiger partial charge in [-0.25, -0.2) is 4.79 Å². The summed E-state index contributed by atoms with van der Waals surface area (Å²) >= 11 is 12.3. The number of aliphatic carboxylic acids is 1. The lowest BCUT2D eigenvalue weighted by Gasteiger charge is -2.11. The molecule has 0 aliphatic carbocycles. The van der Waals surface area contributed by atoms with E-state index in [1.54, 1.807) is 48.5 Å². The molecule has 19 heavy (non-hydrogen) atoms. The van der Waals surface area contributed by atoms with Gasteiger partial charge >= 0.3 is 5.97 Å². The molecule has 0 fully saturated rings. The van der Waals surface area contributed by atoms with Crippen LogP contribution in [0.25, 0.3) is 5.57 Å². The zero-order valence-corrected chi connectivity index (χ0v) is 11.3. The van der Waals surface area contributed by atoms with Crippen LogP contribution in [0.2, 0.25) is 10.0 Å². The van der Waals surface area contributed by atoms with Crippen LogP contribution in [-0.2, 0) is 4.79 Å². The lowest BCUT2D eigenvalue weighted by atomic mass is 9.97. The van der Waals surface area contributed by atoms with Crippen LogP contribution in [0.15, 0.2) is 54.6 Å². The van der Waals surface area contributed by atoms with Crippen molar-refractivity contribution in [3.05, 3.63) is 75.8 Å². The summed E-state index contributed by atoms with van der Waals surface area (Å²) in [5.74, 6) is -1.05. The van der Waals surface area contributed by atoms with E-state index in [4.69, 9.17) is 28.3 Å². The molecule has 1 N–H and O–H groups in total. The van der Waals surface area contributed by atoms with E-state index in [0.717, 1.165) is 6.08 Å². The van der Waals surface area contributed by atoms with Crippen LogP contribution in [0, 0.1) is 0 Å². The lowest BCUT2D eigenvalue weighted by Crippen LogP contribution is -1.96. The van der Waals surface area contributed by atoms with Gasteiger partial charge in [0.1, 0.15) is 0 Å². The van der Waals surface area contributed by atoms with E-state index in [0.29, 0.717) is 26.7 Å². The monoisotopic (exact) mass is 292 g/mol. The van der Waals surface area contributed by atoms with Gasteiger partial charge in [0.05, 0.1) is 0 Å². The summed E-state index contributed by atoms with van der Waals surface area (Å²) in [5, 5.41) is 9.99. The molecule has 0 aliphatic rings. The third-order valence-electron chi connectivity index (χ3n) is 2.60. The SMILES string of the molecule is O=C(O)C=C(c1ccccc1Cl)c1ccccc1Cl. The third-order valence-corrected chi connectivity index (χ3v) is 3.26. The molecule has 0 aliphatic heterocycles. The Bertz CT molecular complexity index is 601. The molecule has 2 nitrogen and oxygen atoms in total. The lowest BCUT2D eigenvalue weighted by molar-refractivity contribution is -0.131. The molecule has 96 valence electrons. The van der Waals surface area contributed by atoms with Crippen LogP contribution < -0.4 is 0 Å². The van der Waals surface area contributed by atoms with Crippen LogP contribution in [0.5, 0.6) is 0 Å². The summed E-state index contributed by atoms with van der Waals surface area (Å²) in [7, 11) is 0. The molecule has 2 aromatic carbocycles. The zero-order chi connectivity index (χ0) is 13.8. The number of rotatable bonds is 3. The molecule has 2 rings (SSSR count). The van der Waals surface area contributed by atoms with Crippen LogP contribution in [0.4, 0.5) is 0 Å². The standard InChI is InChI=1S/C15H10Cl2O2/c16-13-7-3-1-5-10(13)12(9-15(18)19)11-6-2-4-8-14(11)17/h1-9H,(H,18,19). The highest BCUT2D eigenvalue weighted by Crippen LogP contribution is 2.32. The predicted molar refractivity (Wildman–Crippen MR) is 77.6 cm³/mol. The fraction of sp³-hybridized carbons (Fsp3) is 0. The molecule has 0 bridgehead atoms. The molecule has 0 unspecified atom stereocenters. The number of carbonyl (C=O) groups is 1. The largest absolute Gasteiger partial charge is 0.478 e. The highest BCUT2D eigenvalue weighted by atomic mass is 35.5. The Morgan fingerprint density at radius 2 is 1.32 bits per heavy atom. The summed E-state index contributed by atoms with van der Waals surface area (Å²) in [5.41, 5.74) is 1.77. The minimum Gasteiger partial charge on any atom is -0.478 e. The maximum Gasteiger partial charge on any atom is 0.328 e. The van der Waals surface area contributed by atoms with Crippen molar-refractivity contribution >= 4 is 34.7 Å². The van der Waals surface area contributed by atoms with Gasteiger partial charge in [-0.1, -0.05) is 59.6 Å². The Morgan fingerprint density at radius 1 is 0.895 bits per heavy atom. The third kappa shape index (κ3) is 3.16. The second-order valence-electron chi connectivity index (χ2n) is 3.86. The number of benzene rings is 2. The molecule has 0 saturated carbocycles. The fourth-order valence-electron chi connectivity index (χ4n) is 1.78. The molecule has 0 aromatic heterocycles. The minimum atomic E-state index is -1.05. The quantitative estimate of drug-likeness (QED) is 0.845. The maximum absolute atomic E-state index is 11.0. The van der Waals surface area contributed by atoms with Crippen molar-refractivity contribution in [3.8, 4) is 0 Å². The van der Waals surface area contributed by atoms with Crippen LogP contribution in [0.3, 0.4) is 0 Å². The molecule has 0 amide bonds. The number of carboxylic acid groups (broad SMARTS) is 1. The topological polar surface area (TPSA) is 37.3 Å². The summed E-state index contributed by atoms with van der Waals surface area (Å²) in [6, 6.07) is 14.1. The van der Waals surface area contributed by atoms with Gasteiger partial charge in [0, 0.05) is 27.2 Å². The highest BCUT2D eigenvalue weighted by molar-refractivity contribution is 6.34. The van der Waals surface area contributed by atoms with Gasteiger partial charge in [-0.2, -0.15) is 0 Å². The van der Waals surface area contributed by atoms with Gasteiger partial charge in [0.2, 0.25) is 0 Å². The van der Waals surface area contributed by atoms with Crippen molar-refractivity contribution in [2.24, 2.45) is 0 Å². The fourth-order valence-corrected chi connectivity index (χ4v) is 2.26. The van der Waals surface area contributed by atoms with Crippen LogP contribution in [0.1, 0.15) is 11.1 Å². The van der Waals surface area contributed by atoms with E-state index in [1.165, 1.54) is 0 Å². The number of hydrogen-bond acceptors (Lipinski definition) is 1. The number of hydrogen-bond donors (Lipinski definition) is 1. The average Bonchev–Trinajstić information content (AvgIpc) is 2.37. The van der Waals surface area contributed by atoms with Gasteiger partial charge < -0.3 is 5.11 Å². The highest BCUT2D eigenvalue weighted by Gasteiger charge is 2.13. The second kappa shape index (κ2) is 5.91. The summed E-state index contributed by atoms with van der Waals surface area (Å²) < 4.78 is 0. The summed E-state index contributed by atoms with van der Waals surface area (Å²) in [6.07, 6.45) is 1.11. The first-order chi connectivity index (χ1) is 9.09. The molecule has 4 heteroatoms. The molecule has 0 atom stereocenters. The normalized spacial score (nSPS) is 10.0. The average molecular weight is 293 g/mol. The van der Waals surface area contributed by atoms with Crippen molar-refractivity contribution in [1.82, 2.24) is 0 Å². The van der Waals surface area contributed by atoms with E-state index in [1.807, 2.05) is 0 Å². The second-order valence-corrected chi connectivity index (χ2v) is 4.67. The van der Waals surface area contributed by atoms with Gasteiger partial charge in [-0.3, -0.25) is 0 Å². The summed E-state index contributed by atoms with van der Waals surface area (Å²) in [4.78, 5) is 11.0. The van der Waals surface area contributed by atoms with Crippen LogP contribution >= 0.6 is 23.2 Å². The molecule has 0 saturated heterocycles. The smallest absolute Gasteiger partial charge is 0.328 e. The van der Waals surface area contributed by atoms with E-state index in [2.05, 4.69) is 0 Å². The minimum absolute atomic E-state index is 0.481. The van der Waals surface area contributed by atoms with E-state index in [-0.39, 0.29) is 0 Å². The molecular formula is C15H10Cl2O2. The van der Waals surface area contributed by atoms with E-state index < -0.39 is 5.97 Å². The molecule has 0 spiro atoms. The first-order valence-electron chi connectivity index (χ1n) is 5.54. The number of halogens is 2. The Morgan fingerprint density at radius 3 is 1.68 bits per heavy atom. The Hall–Kier alpha value is -1.77. The van der Waals surface area contributed by atoms with Crippen LogP contribution in [-0.4, -0.2) is 11.1 Å². The molecule has 2 aromatic rings. The van der Waals surface area contributed by atoms with Gasteiger partial charge in [0.25, 0.3) is 0 Å². The van der Waals surface area contributed by atoms with Crippen molar-refractivity contribution < 1.29 is 9.90 Å². The maximum atomic E-state index is 11.0. The van der Waals surface area contributed by atoms with Crippen molar-refractivity contribution in [2.45, 2.75) is 0 Å². The van der Waals surface area contributed by atoms with Crippen molar-refractivity contribution in [2.75, 3.05) is 0 Å². The first-order valence-corrected chi connectivity index (χ1v) is 6.29. The van der Waals surface area contributed by atoms with E-state index >= 15 is 0 Å². The van der Waals surface area contributed by atoms with Gasteiger partial charge in [-0.05, 0) is 17.7 Å². The summed E-state index contributed by atoms with van der Waals surface area (Å²) in [6.45, 7) is 0. The molecule has 0 radical (unpaired) electrons. The Balaban J connectivity index is 2.66.